The van der Waals surface area contributed by atoms with E-state index in [-0.39, 0.29) is 40.7 Å². The first-order valence-corrected chi connectivity index (χ1v) is 26.8. The molecule has 0 fully saturated rings. The smallest absolute Gasteiger partial charge is 0.344 e. The summed E-state index contributed by atoms with van der Waals surface area (Å²) in [5.41, 5.74) is 6.18. The van der Waals surface area contributed by atoms with E-state index >= 15 is 0 Å². The van der Waals surface area contributed by atoms with Gasteiger partial charge in [-0.25, -0.2) is 24.0 Å². The van der Waals surface area contributed by atoms with Gasteiger partial charge in [-0.1, -0.05) is 34.9 Å². The van der Waals surface area contributed by atoms with Gasteiger partial charge in [0.25, 0.3) is 0 Å². The van der Waals surface area contributed by atoms with Gasteiger partial charge in [0.05, 0.1) is 24.5 Å². The molecule has 3 unspecified atom stereocenters. The van der Waals surface area contributed by atoms with Gasteiger partial charge >= 0.3 is 29.5 Å². The van der Waals surface area contributed by atoms with Crippen molar-refractivity contribution < 1.29 is 67.1 Å². The standard InChI is InChI=1S/C21H24O5.C21H22O5.C20H23NO5/c1-13-14(2)21(24)26-19-12-16(9-10-17(13)19)25-18(20(22)23)11-8-15-6-4-3-5-7-15;22-20(18-7-4-14-25-18)16-9-11-17(12-10-16)26-19(21(23)24)13-8-15-5-2-1-3-6-15;1-2-25-20(24)16-12-15(13-21)9-10-17(16)26-18(19(22)23)11-8-14-6-4-3-5-7-14/h6,9-10,12,18H,3-5,7-8,11H2,1-2H3,(H,22,23);4-5,7,9-12,14,19H,1-3,6,8,13H2,(H,23,24);6,9-10,12,18H,2-5,7-8,11H2,1H3,(H,22,23). The number of allylic oxidation sites excluding steroid dienone is 6. The van der Waals surface area contributed by atoms with E-state index in [1.54, 1.807) is 68.4 Å². The van der Waals surface area contributed by atoms with Crippen molar-refractivity contribution in [3.05, 3.63) is 158 Å². The lowest BCUT2D eigenvalue weighted by Crippen LogP contribution is -2.28. The number of esters is 1. The number of carboxylic acid groups (broad SMARTS) is 3. The molecule has 3 aliphatic carbocycles. The Hall–Kier alpha value is -8.19. The number of aryl methyl sites for hydroxylation is 1. The Morgan fingerprint density at radius 3 is 1.64 bits per heavy atom. The number of furan rings is 1. The lowest BCUT2D eigenvalue weighted by Gasteiger charge is -2.19. The molecule has 412 valence electrons. The van der Waals surface area contributed by atoms with E-state index in [1.165, 1.54) is 73.3 Å². The quantitative estimate of drug-likeness (QED) is 0.0252. The number of hydrogen-bond donors (Lipinski definition) is 3. The molecular weight excluding hydrogens is 999 g/mol. The van der Waals surface area contributed by atoms with Crippen molar-refractivity contribution >= 4 is 40.6 Å². The van der Waals surface area contributed by atoms with Crippen molar-refractivity contribution in [2.75, 3.05) is 6.61 Å². The number of fused-ring (bicyclic) bond motifs is 1. The second-order valence-electron chi connectivity index (χ2n) is 19.4. The summed E-state index contributed by atoms with van der Waals surface area (Å²) in [5, 5.41) is 38.2. The number of carboxylic acids is 3. The molecule has 3 aromatic carbocycles. The minimum atomic E-state index is -1.08. The highest BCUT2D eigenvalue weighted by atomic mass is 16.5. The zero-order valence-corrected chi connectivity index (χ0v) is 44.6. The van der Waals surface area contributed by atoms with Gasteiger partial charge in [-0.15, -0.1) is 0 Å². The molecule has 5 aromatic rings. The van der Waals surface area contributed by atoms with Crippen LogP contribution in [-0.4, -0.2) is 69.9 Å². The molecule has 0 saturated carbocycles. The summed E-state index contributed by atoms with van der Waals surface area (Å²) < 4.78 is 32.4. The number of carbonyl (C=O) groups excluding carboxylic acids is 2. The van der Waals surface area contributed by atoms with Crippen LogP contribution in [0.3, 0.4) is 0 Å². The van der Waals surface area contributed by atoms with Crippen LogP contribution in [0.1, 0.15) is 166 Å². The van der Waals surface area contributed by atoms with Crippen LogP contribution in [0, 0.1) is 25.2 Å². The van der Waals surface area contributed by atoms with E-state index in [9.17, 15) is 44.1 Å². The molecule has 2 aromatic heterocycles. The third kappa shape index (κ3) is 17.7. The molecule has 0 spiro atoms. The number of ketones is 1. The van der Waals surface area contributed by atoms with E-state index in [2.05, 4.69) is 18.2 Å². The average Bonchev–Trinajstić information content (AvgIpc) is 4.00. The topological polar surface area (TPSA) is 250 Å². The predicted molar refractivity (Wildman–Crippen MR) is 291 cm³/mol. The van der Waals surface area contributed by atoms with Gasteiger partial charge in [-0.3, -0.25) is 4.79 Å². The molecule has 3 aliphatic rings. The Morgan fingerprint density at radius 2 is 1.17 bits per heavy atom. The van der Waals surface area contributed by atoms with Crippen LogP contribution < -0.4 is 19.8 Å². The highest BCUT2D eigenvalue weighted by Gasteiger charge is 2.26. The molecule has 0 bridgehead atoms. The Morgan fingerprint density at radius 1 is 0.641 bits per heavy atom. The predicted octanol–water partition coefficient (Wildman–Crippen LogP) is 13.0. The lowest BCUT2D eigenvalue weighted by atomic mass is 9.95. The van der Waals surface area contributed by atoms with Gasteiger partial charge < -0.3 is 43.1 Å². The zero-order chi connectivity index (χ0) is 56.0. The summed E-state index contributed by atoms with van der Waals surface area (Å²) in [7, 11) is 0. The highest BCUT2D eigenvalue weighted by molar-refractivity contribution is 6.07. The Bertz CT molecular complexity index is 3060. The maximum absolute atomic E-state index is 12.2. The summed E-state index contributed by atoms with van der Waals surface area (Å²) in [6.07, 6.45) is 21.9. The molecule has 8 rings (SSSR count). The first-order valence-electron chi connectivity index (χ1n) is 26.8. The van der Waals surface area contributed by atoms with Gasteiger partial charge in [0.2, 0.25) is 5.78 Å². The van der Waals surface area contributed by atoms with E-state index in [0.29, 0.717) is 53.9 Å². The van der Waals surface area contributed by atoms with Crippen molar-refractivity contribution in [3.8, 4) is 23.3 Å². The van der Waals surface area contributed by atoms with E-state index in [4.69, 9.17) is 33.0 Å². The van der Waals surface area contributed by atoms with Crippen molar-refractivity contribution in [3.63, 3.8) is 0 Å². The maximum Gasteiger partial charge on any atom is 0.344 e. The minimum Gasteiger partial charge on any atom is -0.479 e. The van der Waals surface area contributed by atoms with Crippen LogP contribution in [0.15, 0.2) is 128 Å². The van der Waals surface area contributed by atoms with Crippen LogP contribution in [-0.2, 0) is 19.1 Å². The van der Waals surface area contributed by atoms with Gasteiger partial charge in [-0.2, -0.15) is 5.26 Å². The third-order valence-electron chi connectivity index (χ3n) is 13.9. The van der Waals surface area contributed by atoms with Crippen LogP contribution in [0.4, 0.5) is 0 Å². The largest absolute Gasteiger partial charge is 0.479 e. The van der Waals surface area contributed by atoms with E-state index in [1.807, 2.05) is 13.0 Å². The number of ether oxygens (including phenoxy) is 4. The molecule has 16 nitrogen and oxygen atoms in total. The summed E-state index contributed by atoms with van der Waals surface area (Å²) >= 11 is 0. The Labute approximate surface area is 454 Å². The van der Waals surface area contributed by atoms with Crippen molar-refractivity contribution in [1.82, 2.24) is 0 Å². The number of benzene rings is 3. The third-order valence-corrected chi connectivity index (χ3v) is 13.9. The number of nitrogens with zero attached hydrogens (tertiary/aromatic N) is 1. The highest BCUT2D eigenvalue weighted by Crippen LogP contribution is 2.30. The summed E-state index contributed by atoms with van der Waals surface area (Å²) in [5.74, 6) is -2.68. The van der Waals surface area contributed by atoms with E-state index in [0.717, 1.165) is 68.7 Å². The number of aliphatic carboxylic acids is 3. The first kappa shape index (κ1) is 59.1. The number of rotatable bonds is 22. The number of carbonyl (C=O) groups is 5. The Balaban J connectivity index is 0.000000189. The van der Waals surface area contributed by atoms with Crippen LogP contribution in [0.25, 0.3) is 11.0 Å². The average molecular weight is 1070 g/mol. The first-order chi connectivity index (χ1) is 37.6. The van der Waals surface area contributed by atoms with Gasteiger partial charge in [0.15, 0.2) is 24.1 Å². The number of nitriles is 1. The molecule has 3 N–H and O–H groups in total. The molecule has 16 heteroatoms. The van der Waals surface area contributed by atoms with Gasteiger partial charge in [0, 0.05) is 22.6 Å². The molecule has 0 amide bonds. The summed E-state index contributed by atoms with van der Waals surface area (Å²) in [4.78, 5) is 70.8. The molecular formula is C62H69NO15. The fourth-order valence-corrected chi connectivity index (χ4v) is 9.33. The molecule has 0 saturated heterocycles. The molecule has 2 heterocycles. The fraction of sp³-hybridized carbons (Fsp3) is 0.403. The summed E-state index contributed by atoms with van der Waals surface area (Å²) in [6.45, 7) is 5.44. The van der Waals surface area contributed by atoms with Crippen LogP contribution in [0.5, 0.6) is 17.2 Å². The van der Waals surface area contributed by atoms with Crippen molar-refractivity contribution in [1.29, 1.82) is 5.26 Å². The molecule has 3 atom stereocenters. The molecule has 0 radical (unpaired) electrons. The van der Waals surface area contributed by atoms with Crippen LogP contribution >= 0.6 is 0 Å². The molecule has 78 heavy (non-hydrogen) atoms. The summed E-state index contributed by atoms with van der Waals surface area (Å²) in [6, 6.07) is 21.1. The Kier molecular flexibility index (Phi) is 22.7. The monoisotopic (exact) mass is 1070 g/mol. The minimum absolute atomic E-state index is 0.0639. The second kappa shape index (κ2) is 29.9. The second-order valence-corrected chi connectivity index (χ2v) is 19.4. The molecule has 0 aliphatic heterocycles. The van der Waals surface area contributed by atoms with E-state index < -0.39 is 42.2 Å². The zero-order valence-electron chi connectivity index (χ0n) is 44.6. The maximum atomic E-state index is 12.2. The van der Waals surface area contributed by atoms with Crippen molar-refractivity contribution in [2.24, 2.45) is 0 Å². The van der Waals surface area contributed by atoms with Gasteiger partial charge in [0.1, 0.15) is 28.4 Å². The SMILES string of the molecule is CCOC(=O)c1cc(C#N)ccc1OC(CCC1=CCCCC1)C(=O)O.Cc1c(C)c2ccc(OC(CCC3=CCCCC3)C(=O)O)cc2oc1=O.O=C(c1ccc(OC(CCC2=CCCCC2)C(=O)O)cc1)c1ccco1. The lowest BCUT2D eigenvalue weighted by molar-refractivity contribution is -0.146. The number of hydrogen-bond acceptors (Lipinski definition) is 13. The fourth-order valence-electron chi connectivity index (χ4n) is 9.33. The van der Waals surface area contributed by atoms with Crippen LogP contribution in [0.2, 0.25) is 0 Å². The van der Waals surface area contributed by atoms with Gasteiger partial charge in [-0.05, 0) is 209 Å². The van der Waals surface area contributed by atoms with Crippen molar-refractivity contribution in [2.45, 2.75) is 155 Å². The normalized spacial score (nSPS) is 15.1.